The second-order valence-corrected chi connectivity index (χ2v) is 9.36. The number of ether oxygens (including phenoxy) is 2. The van der Waals surface area contributed by atoms with Crippen LogP contribution < -0.4 is 16.0 Å². The molecule has 0 radical (unpaired) electrons. The standard InChI is InChI=1S/C20H37N3O6/c1-11(2)14(17(26)28-19(5,6)7)23-16(25)12(3)21-15(24)13(4)22-18(27)29-20(8,9)10/h11-14H,1-10H3,(H,21,24)(H,22,27)(H,23,25)/t12-,13-,14-/m0/s1. The molecule has 0 saturated carbocycles. The van der Waals surface area contributed by atoms with Crippen molar-refractivity contribution in [3.63, 3.8) is 0 Å². The molecule has 0 rings (SSSR count). The van der Waals surface area contributed by atoms with E-state index in [0.29, 0.717) is 0 Å². The molecule has 0 aromatic rings. The summed E-state index contributed by atoms with van der Waals surface area (Å²) in [5.74, 6) is -1.84. The molecular weight excluding hydrogens is 378 g/mol. The second kappa shape index (κ2) is 10.5. The lowest BCUT2D eigenvalue weighted by Gasteiger charge is -2.27. The topological polar surface area (TPSA) is 123 Å². The molecule has 3 N–H and O–H groups in total. The van der Waals surface area contributed by atoms with Gasteiger partial charge in [0.2, 0.25) is 11.8 Å². The van der Waals surface area contributed by atoms with Gasteiger partial charge in [-0.05, 0) is 61.3 Å². The Morgan fingerprint density at radius 2 is 1.07 bits per heavy atom. The largest absolute Gasteiger partial charge is 0.458 e. The fourth-order valence-electron chi connectivity index (χ4n) is 2.10. The molecule has 0 bridgehead atoms. The first-order valence-corrected chi connectivity index (χ1v) is 9.76. The van der Waals surface area contributed by atoms with Crippen LogP contribution in [0.5, 0.6) is 0 Å². The van der Waals surface area contributed by atoms with Crippen molar-refractivity contribution in [2.45, 2.75) is 98.6 Å². The highest BCUT2D eigenvalue weighted by molar-refractivity contribution is 5.92. The Kier molecular flexibility index (Phi) is 9.62. The molecule has 0 spiro atoms. The van der Waals surface area contributed by atoms with Crippen LogP contribution in [0, 0.1) is 5.92 Å². The summed E-state index contributed by atoms with van der Waals surface area (Å²) in [4.78, 5) is 48.8. The number of hydrogen-bond acceptors (Lipinski definition) is 6. The zero-order valence-corrected chi connectivity index (χ0v) is 19.3. The van der Waals surface area contributed by atoms with E-state index in [0.717, 1.165) is 0 Å². The van der Waals surface area contributed by atoms with Gasteiger partial charge in [0.15, 0.2) is 0 Å². The molecule has 0 aliphatic rings. The first kappa shape index (κ1) is 26.7. The van der Waals surface area contributed by atoms with Gasteiger partial charge in [0.25, 0.3) is 0 Å². The minimum atomic E-state index is -0.922. The van der Waals surface area contributed by atoms with E-state index < -0.39 is 53.2 Å². The third kappa shape index (κ3) is 11.3. The summed E-state index contributed by atoms with van der Waals surface area (Å²) < 4.78 is 10.4. The van der Waals surface area contributed by atoms with Crippen molar-refractivity contribution in [3.8, 4) is 0 Å². The van der Waals surface area contributed by atoms with Crippen LogP contribution in [0.4, 0.5) is 4.79 Å². The van der Waals surface area contributed by atoms with E-state index >= 15 is 0 Å². The number of carbonyl (C=O) groups is 4. The summed E-state index contributed by atoms with van der Waals surface area (Å²) in [5, 5.41) is 7.52. The molecule has 168 valence electrons. The molecule has 0 unspecified atom stereocenters. The number of esters is 1. The van der Waals surface area contributed by atoms with Crippen LogP contribution in [0.1, 0.15) is 69.2 Å². The molecule has 0 heterocycles. The molecule has 0 aromatic carbocycles. The van der Waals surface area contributed by atoms with Crippen molar-refractivity contribution in [2.75, 3.05) is 0 Å². The second-order valence-electron chi connectivity index (χ2n) is 9.36. The Morgan fingerprint density at radius 3 is 1.48 bits per heavy atom. The normalized spacial score (nSPS) is 15.0. The van der Waals surface area contributed by atoms with E-state index in [9.17, 15) is 19.2 Å². The maximum atomic E-state index is 12.5. The molecule has 9 nitrogen and oxygen atoms in total. The van der Waals surface area contributed by atoms with Gasteiger partial charge in [-0.3, -0.25) is 9.59 Å². The summed E-state index contributed by atoms with van der Waals surface area (Å²) in [5.41, 5.74) is -1.38. The maximum Gasteiger partial charge on any atom is 0.408 e. The van der Waals surface area contributed by atoms with E-state index in [4.69, 9.17) is 9.47 Å². The number of nitrogens with one attached hydrogen (secondary N) is 3. The number of rotatable bonds is 7. The van der Waals surface area contributed by atoms with E-state index in [1.54, 1.807) is 55.4 Å². The average molecular weight is 416 g/mol. The smallest absolute Gasteiger partial charge is 0.408 e. The van der Waals surface area contributed by atoms with E-state index in [-0.39, 0.29) is 5.92 Å². The lowest BCUT2D eigenvalue weighted by atomic mass is 10.0. The summed E-state index contributed by atoms with van der Waals surface area (Å²) in [6.45, 7) is 16.9. The molecule has 29 heavy (non-hydrogen) atoms. The van der Waals surface area contributed by atoms with Crippen molar-refractivity contribution in [3.05, 3.63) is 0 Å². The zero-order valence-electron chi connectivity index (χ0n) is 19.3. The van der Waals surface area contributed by atoms with Crippen LogP contribution >= 0.6 is 0 Å². The Hall–Kier alpha value is -2.32. The molecule has 0 saturated heterocycles. The number of amides is 3. The Bertz CT molecular complexity index is 604. The fraction of sp³-hybridized carbons (Fsp3) is 0.800. The van der Waals surface area contributed by atoms with Crippen LogP contribution in [-0.4, -0.2) is 53.2 Å². The minimum absolute atomic E-state index is 0.204. The molecule has 3 atom stereocenters. The minimum Gasteiger partial charge on any atom is -0.458 e. The van der Waals surface area contributed by atoms with Gasteiger partial charge >= 0.3 is 12.1 Å². The van der Waals surface area contributed by atoms with Gasteiger partial charge in [0.05, 0.1) is 0 Å². The molecule has 9 heteroatoms. The number of hydrogen-bond donors (Lipinski definition) is 3. The highest BCUT2D eigenvalue weighted by Crippen LogP contribution is 2.12. The summed E-state index contributed by atoms with van der Waals surface area (Å²) in [7, 11) is 0. The average Bonchev–Trinajstić information content (AvgIpc) is 2.47. The van der Waals surface area contributed by atoms with Gasteiger partial charge < -0.3 is 25.4 Å². The Morgan fingerprint density at radius 1 is 0.655 bits per heavy atom. The molecule has 3 amide bonds. The summed E-state index contributed by atoms with van der Waals surface area (Å²) >= 11 is 0. The Labute approximate surface area is 173 Å². The third-order valence-corrected chi connectivity index (χ3v) is 3.50. The van der Waals surface area contributed by atoms with Crippen LogP contribution in [0.15, 0.2) is 0 Å². The molecular formula is C20H37N3O6. The molecule has 0 aromatic heterocycles. The summed E-state index contributed by atoms with van der Waals surface area (Å²) in [6, 6.07) is -2.68. The highest BCUT2D eigenvalue weighted by Gasteiger charge is 2.31. The van der Waals surface area contributed by atoms with E-state index in [1.807, 2.05) is 0 Å². The monoisotopic (exact) mass is 415 g/mol. The quantitative estimate of drug-likeness (QED) is 0.546. The van der Waals surface area contributed by atoms with Crippen molar-refractivity contribution in [2.24, 2.45) is 5.92 Å². The Balaban J connectivity index is 4.83. The fourth-order valence-corrected chi connectivity index (χ4v) is 2.10. The number of alkyl carbamates (subject to hydrolysis) is 1. The van der Waals surface area contributed by atoms with E-state index in [1.165, 1.54) is 13.8 Å². The zero-order chi connectivity index (χ0) is 23.2. The SMILES string of the molecule is CC(C)[C@H](NC(=O)[C@H](C)NC(=O)[C@H](C)NC(=O)OC(C)(C)C)C(=O)OC(C)(C)C. The van der Waals surface area contributed by atoms with Gasteiger partial charge in [0.1, 0.15) is 29.3 Å². The van der Waals surface area contributed by atoms with Crippen molar-refractivity contribution in [1.29, 1.82) is 0 Å². The molecule has 0 aliphatic carbocycles. The van der Waals surface area contributed by atoms with Gasteiger partial charge in [-0.2, -0.15) is 0 Å². The predicted molar refractivity (Wildman–Crippen MR) is 109 cm³/mol. The lowest BCUT2D eigenvalue weighted by Crippen LogP contribution is -2.55. The summed E-state index contributed by atoms with van der Waals surface area (Å²) in [6.07, 6.45) is -0.734. The van der Waals surface area contributed by atoms with Crippen molar-refractivity contribution in [1.82, 2.24) is 16.0 Å². The maximum absolute atomic E-state index is 12.5. The highest BCUT2D eigenvalue weighted by atomic mass is 16.6. The first-order valence-electron chi connectivity index (χ1n) is 9.76. The predicted octanol–water partition coefficient (Wildman–Crippen LogP) is 1.89. The third-order valence-electron chi connectivity index (χ3n) is 3.50. The van der Waals surface area contributed by atoms with Crippen LogP contribution in [0.3, 0.4) is 0 Å². The lowest BCUT2D eigenvalue weighted by molar-refractivity contribution is -0.160. The van der Waals surface area contributed by atoms with Crippen LogP contribution in [-0.2, 0) is 23.9 Å². The van der Waals surface area contributed by atoms with Crippen molar-refractivity contribution < 1.29 is 28.7 Å². The molecule has 0 aliphatic heterocycles. The van der Waals surface area contributed by atoms with Crippen molar-refractivity contribution >= 4 is 23.9 Å². The van der Waals surface area contributed by atoms with Gasteiger partial charge in [-0.1, -0.05) is 13.8 Å². The molecule has 0 fully saturated rings. The van der Waals surface area contributed by atoms with Gasteiger partial charge in [-0.25, -0.2) is 9.59 Å². The van der Waals surface area contributed by atoms with Gasteiger partial charge in [0, 0.05) is 0 Å². The van der Waals surface area contributed by atoms with Crippen LogP contribution in [0.2, 0.25) is 0 Å². The van der Waals surface area contributed by atoms with Crippen LogP contribution in [0.25, 0.3) is 0 Å². The first-order chi connectivity index (χ1) is 12.9. The van der Waals surface area contributed by atoms with Gasteiger partial charge in [-0.15, -0.1) is 0 Å². The number of carbonyl (C=O) groups excluding carboxylic acids is 4. The van der Waals surface area contributed by atoms with E-state index in [2.05, 4.69) is 16.0 Å².